The average molecular weight is 351 g/mol. The van der Waals surface area contributed by atoms with Crippen LogP contribution in [0, 0.1) is 6.92 Å². The van der Waals surface area contributed by atoms with Crippen LogP contribution in [0.5, 0.6) is 0 Å². The first kappa shape index (κ1) is 16.7. The second kappa shape index (κ2) is 6.74. The number of anilines is 1. The summed E-state index contributed by atoms with van der Waals surface area (Å²) >= 11 is 6.25. The highest BCUT2D eigenvalue weighted by Crippen LogP contribution is 2.27. The number of carbonyl (C=O) groups excluding carboxylic acids is 1. The van der Waals surface area contributed by atoms with Crippen LogP contribution in [0.15, 0.2) is 16.8 Å². The third kappa shape index (κ3) is 3.34. The lowest BCUT2D eigenvalue weighted by Crippen LogP contribution is -2.47. The Labute approximate surface area is 144 Å². The predicted octanol–water partition coefficient (Wildman–Crippen LogP) is 1.41. The van der Waals surface area contributed by atoms with Crippen LogP contribution in [0.4, 0.5) is 5.82 Å². The van der Waals surface area contributed by atoms with Gasteiger partial charge in [-0.1, -0.05) is 16.8 Å². The first-order valence-electron chi connectivity index (χ1n) is 7.70. The van der Waals surface area contributed by atoms with E-state index in [1.54, 1.807) is 13.0 Å². The number of aryl methyl sites for hydroxylation is 1. The minimum Gasteiger partial charge on any atom is -0.366 e. The molecule has 1 amide bonds. The number of hydrogen-bond acceptors (Lipinski definition) is 7. The summed E-state index contributed by atoms with van der Waals surface area (Å²) in [7, 11) is 0. The van der Waals surface area contributed by atoms with Crippen molar-refractivity contribution in [1.82, 2.24) is 20.0 Å². The van der Waals surface area contributed by atoms with E-state index in [2.05, 4.69) is 31.8 Å². The lowest BCUT2D eigenvalue weighted by atomic mass is 10.2. The maximum Gasteiger partial charge on any atom is 0.250 e. The van der Waals surface area contributed by atoms with Gasteiger partial charge in [0.25, 0.3) is 0 Å². The number of amides is 1. The van der Waals surface area contributed by atoms with Crippen LogP contribution in [-0.2, 0) is 0 Å². The van der Waals surface area contributed by atoms with Crippen molar-refractivity contribution >= 4 is 23.3 Å². The number of aromatic nitrogens is 3. The van der Waals surface area contributed by atoms with Crippen molar-refractivity contribution < 1.29 is 9.32 Å². The van der Waals surface area contributed by atoms with Gasteiger partial charge >= 0.3 is 0 Å². The lowest BCUT2D eigenvalue weighted by molar-refractivity contribution is 0.1000. The minimum absolute atomic E-state index is 0.0639. The number of halogens is 1. The number of nitrogens with zero attached hydrogens (tertiary/aromatic N) is 5. The van der Waals surface area contributed by atoms with E-state index in [0.29, 0.717) is 28.1 Å². The third-order valence-electron chi connectivity index (χ3n) is 4.17. The molecule has 0 saturated carbocycles. The molecule has 0 radical (unpaired) electrons. The van der Waals surface area contributed by atoms with E-state index < -0.39 is 5.91 Å². The smallest absolute Gasteiger partial charge is 0.250 e. The summed E-state index contributed by atoms with van der Waals surface area (Å²) in [5, 5.41) is 4.27. The van der Waals surface area contributed by atoms with E-state index in [4.69, 9.17) is 21.9 Å². The summed E-state index contributed by atoms with van der Waals surface area (Å²) in [5.74, 6) is 1.40. The van der Waals surface area contributed by atoms with Gasteiger partial charge in [0.15, 0.2) is 5.82 Å². The SMILES string of the molecule is Cc1noc(C(C)N2CCN(c3ncc(C(N)=O)cc3Cl)CC2)n1. The van der Waals surface area contributed by atoms with E-state index in [1.165, 1.54) is 6.20 Å². The molecule has 24 heavy (non-hydrogen) atoms. The fourth-order valence-corrected chi connectivity index (χ4v) is 3.04. The maximum absolute atomic E-state index is 11.2. The minimum atomic E-state index is -0.538. The van der Waals surface area contributed by atoms with Crippen LogP contribution < -0.4 is 10.6 Å². The van der Waals surface area contributed by atoms with Gasteiger partial charge in [0.2, 0.25) is 11.8 Å². The molecule has 1 fully saturated rings. The second-order valence-corrected chi connectivity index (χ2v) is 6.18. The molecule has 1 saturated heterocycles. The summed E-state index contributed by atoms with van der Waals surface area (Å²) in [6.45, 7) is 7.02. The normalized spacial score (nSPS) is 17.0. The Kier molecular flexibility index (Phi) is 4.68. The molecule has 2 aromatic heterocycles. The third-order valence-corrected chi connectivity index (χ3v) is 4.45. The number of carbonyl (C=O) groups is 1. The Morgan fingerprint density at radius 3 is 2.62 bits per heavy atom. The van der Waals surface area contributed by atoms with Crippen LogP contribution in [-0.4, -0.2) is 52.1 Å². The van der Waals surface area contributed by atoms with Gasteiger partial charge in [-0.25, -0.2) is 4.98 Å². The van der Waals surface area contributed by atoms with Gasteiger partial charge in [-0.05, 0) is 19.9 Å². The Hall–Kier alpha value is -2.19. The Morgan fingerprint density at radius 2 is 2.08 bits per heavy atom. The molecule has 1 aliphatic heterocycles. The topological polar surface area (TPSA) is 101 Å². The molecular formula is C15H19ClN6O2. The zero-order valence-electron chi connectivity index (χ0n) is 13.6. The number of pyridine rings is 1. The lowest BCUT2D eigenvalue weighted by Gasteiger charge is -2.37. The summed E-state index contributed by atoms with van der Waals surface area (Å²) < 4.78 is 5.25. The van der Waals surface area contributed by atoms with Crippen LogP contribution in [0.1, 0.15) is 35.0 Å². The molecule has 0 aliphatic carbocycles. The van der Waals surface area contributed by atoms with Crippen molar-refractivity contribution in [3.05, 3.63) is 34.6 Å². The Balaban J connectivity index is 1.66. The molecule has 2 aromatic rings. The molecular weight excluding hydrogens is 332 g/mol. The maximum atomic E-state index is 11.2. The summed E-state index contributed by atoms with van der Waals surface area (Å²) in [6.07, 6.45) is 1.46. The van der Waals surface area contributed by atoms with Crippen molar-refractivity contribution in [3.8, 4) is 0 Å². The molecule has 9 heteroatoms. The average Bonchev–Trinajstić information content (AvgIpc) is 3.00. The van der Waals surface area contributed by atoms with Gasteiger partial charge in [-0.2, -0.15) is 4.98 Å². The van der Waals surface area contributed by atoms with E-state index in [0.717, 1.165) is 26.2 Å². The number of piperazine rings is 1. The molecule has 1 aliphatic rings. The van der Waals surface area contributed by atoms with Gasteiger partial charge in [0, 0.05) is 32.4 Å². The first-order chi connectivity index (χ1) is 11.5. The Morgan fingerprint density at radius 1 is 1.38 bits per heavy atom. The molecule has 1 unspecified atom stereocenters. The largest absolute Gasteiger partial charge is 0.366 e. The standard InChI is InChI=1S/C15H19ClN6O2/c1-9(15-19-10(2)20-24-15)21-3-5-22(6-4-21)14-12(16)7-11(8-18-14)13(17)23/h7-9H,3-6H2,1-2H3,(H2,17,23). The van der Waals surface area contributed by atoms with E-state index in [1.807, 2.05) is 0 Å². The predicted molar refractivity (Wildman–Crippen MR) is 89.0 cm³/mol. The number of rotatable bonds is 4. The van der Waals surface area contributed by atoms with Crippen molar-refractivity contribution in [2.45, 2.75) is 19.9 Å². The van der Waals surface area contributed by atoms with Crippen LogP contribution in [0.25, 0.3) is 0 Å². The molecule has 3 heterocycles. The van der Waals surface area contributed by atoms with Crippen molar-refractivity contribution in [2.24, 2.45) is 5.73 Å². The molecule has 2 N–H and O–H groups in total. The summed E-state index contributed by atoms with van der Waals surface area (Å²) in [5.41, 5.74) is 5.55. The highest BCUT2D eigenvalue weighted by Gasteiger charge is 2.26. The van der Waals surface area contributed by atoms with Crippen LogP contribution >= 0.6 is 11.6 Å². The van der Waals surface area contributed by atoms with Crippen LogP contribution in [0.2, 0.25) is 5.02 Å². The molecule has 3 rings (SSSR count). The van der Waals surface area contributed by atoms with Crippen LogP contribution in [0.3, 0.4) is 0 Å². The van der Waals surface area contributed by atoms with Crippen molar-refractivity contribution in [3.63, 3.8) is 0 Å². The molecule has 0 aromatic carbocycles. The Bertz CT molecular complexity index is 741. The van der Waals surface area contributed by atoms with Crippen molar-refractivity contribution in [1.29, 1.82) is 0 Å². The summed E-state index contributed by atoms with van der Waals surface area (Å²) in [4.78, 5) is 24.1. The number of nitrogens with two attached hydrogens (primary N) is 1. The fourth-order valence-electron chi connectivity index (χ4n) is 2.76. The highest BCUT2D eigenvalue weighted by molar-refractivity contribution is 6.33. The van der Waals surface area contributed by atoms with Crippen molar-refractivity contribution in [2.75, 3.05) is 31.1 Å². The quantitative estimate of drug-likeness (QED) is 0.889. The van der Waals surface area contributed by atoms with Gasteiger partial charge in [0.05, 0.1) is 16.6 Å². The fraction of sp³-hybridized carbons (Fsp3) is 0.467. The first-order valence-corrected chi connectivity index (χ1v) is 8.08. The molecule has 0 bridgehead atoms. The second-order valence-electron chi connectivity index (χ2n) is 5.77. The summed E-state index contributed by atoms with van der Waals surface area (Å²) in [6, 6.07) is 1.62. The zero-order valence-corrected chi connectivity index (χ0v) is 14.3. The monoisotopic (exact) mass is 350 g/mol. The van der Waals surface area contributed by atoms with E-state index in [9.17, 15) is 4.79 Å². The molecule has 8 nitrogen and oxygen atoms in total. The highest BCUT2D eigenvalue weighted by atomic mass is 35.5. The molecule has 1 atom stereocenters. The van der Waals surface area contributed by atoms with Gasteiger partial charge in [0.1, 0.15) is 5.82 Å². The molecule has 0 spiro atoms. The number of hydrogen-bond donors (Lipinski definition) is 1. The molecule has 128 valence electrons. The van der Waals surface area contributed by atoms with E-state index >= 15 is 0 Å². The van der Waals surface area contributed by atoms with Gasteiger partial charge in [-0.3, -0.25) is 9.69 Å². The van der Waals surface area contributed by atoms with E-state index in [-0.39, 0.29) is 6.04 Å². The zero-order chi connectivity index (χ0) is 17.3. The van der Waals surface area contributed by atoms with Gasteiger partial charge in [-0.15, -0.1) is 0 Å². The van der Waals surface area contributed by atoms with Gasteiger partial charge < -0.3 is 15.2 Å². The number of primary amides is 1.